The zero-order chi connectivity index (χ0) is 28.9. The highest BCUT2D eigenvalue weighted by molar-refractivity contribution is 7.14. The maximum atomic E-state index is 14.0. The highest BCUT2D eigenvalue weighted by Gasteiger charge is 2.38. The van der Waals surface area contributed by atoms with E-state index in [4.69, 9.17) is 15.6 Å². The number of nitrogens with zero attached hydrogens (tertiary/aromatic N) is 1. The van der Waals surface area contributed by atoms with Crippen molar-refractivity contribution in [1.29, 1.82) is 0 Å². The molecule has 1 aromatic carbocycles. The van der Waals surface area contributed by atoms with Crippen molar-refractivity contribution in [2.24, 2.45) is 16.1 Å². The van der Waals surface area contributed by atoms with Gasteiger partial charge < -0.3 is 26.0 Å². The van der Waals surface area contributed by atoms with E-state index in [2.05, 4.69) is 10.3 Å². The fourth-order valence-electron chi connectivity index (χ4n) is 3.49. The number of carboxylic acid groups (broad SMARTS) is 2. The van der Waals surface area contributed by atoms with E-state index in [-0.39, 0.29) is 29.9 Å². The Bertz CT molecular complexity index is 1140. The summed E-state index contributed by atoms with van der Waals surface area (Å²) in [6.07, 6.45) is 1.67. The van der Waals surface area contributed by atoms with E-state index >= 15 is 0 Å². The second-order valence-corrected chi connectivity index (χ2v) is 9.63. The summed E-state index contributed by atoms with van der Waals surface area (Å²) in [5.74, 6) is -4.49. The van der Waals surface area contributed by atoms with Crippen LogP contribution in [0.25, 0.3) is 0 Å². The summed E-state index contributed by atoms with van der Waals surface area (Å²) in [6, 6.07) is 6.17. The highest BCUT2D eigenvalue weighted by Crippen LogP contribution is 2.34. The summed E-state index contributed by atoms with van der Waals surface area (Å²) in [5.41, 5.74) is 4.48. The lowest BCUT2D eigenvalue weighted by Crippen LogP contribution is -2.49. The number of benzene rings is 1. The average molecular weight is 552 g/mol. The van der Waals surface area contributed by atoms with E-state index in [1.54, 1.807) is 40.0 Å². The number of carbonyl (C=O) groups is 4. The van der Waals surface area contributed by atoms with Crippen LogP contribution in [0.3, 0.4) is 0 Å². The number of carbonyl (C=O) groups excluding carboxylic acids is 2. The van der Waals surface area contributed by atoms with Crippen LogP contribution in [-0.4, -0.2) is 53.5 Å². The standard InChI is InChI=1S/C24H28FNO7S.C2H6N2/c1-4-24(5-2,23(32)26-17(21(29)30)8-11-20(27)28)13-15-7-10-19(34-15)22(31)33-18-9-6-14(3)12-16(18)25;1-4-2-3/h6-7,9-10,12,17H,4-5,8,11,13H2,1-3H3,(H,26,32)(H,27,28)(H,29,30);2H,1H3,(H2,3,4). The highest BCUT2D eigenvalue weighted by atomic mass is 32.1. The molecular weight excluding hydrogens is 517 g/mol. The molecule has 5 N–H and O–H groups in total. The fourth-order valence-corrected chi connectivity index (χ4v) is 4.52. The smallest absolute Gasteiger partial charge is 0.353 e. The first-order valence-electron chi connectivity index (χ1n) is 11.9. The van der Waals surface area contributed by atoms with Crippen LogP contribution in [0.1, 0.15) is 59.6 Å². The van der Waals surface area contributed by atoms with Crippen LogP contribution in [0, 0.1) is 18.2 Å². The van der Waals surface area contributed by atoms with Gasteiger partial charge in [0, 0.05) is 18.3 Å². The first-order valence-corrected chi connectivity index (χ1v) is 12.7. The fraction of sp³-hybridized carbons (Fsp3) is 0.423. The van der Waals surface area contributed by atoms with E-state index in [0.29, 0.717) is 23.3 Å². The van der Waals surface area contributed by atoms with Gasteiger partial charge >= 0.3 is 17.9 Å². The summed E-state index contributed by atoms with van der Waals surface area (Å²) in [4.78, 5) is 52.2. The number of nitrogens with two attached hydrogens (primary N) is 1. The molecular formula is C26H34FN3O7S. The van der Waals surface area contributed by atoms with Gasteiger partial charge in [0.2, 0.25) is 5.91 Å². The molecule has 10 nitrogen and oxygen atoms in total. The molecule has 1 heterocycles. The second kappa shape index (κ2) is 15.5. The summed E-state index contributed by atoms with van der Waals surface area (Å²) in [6.45, 7) is 5.33. The third kappa shape index (κ3) is 9.58. The monoisotopic (exact) mass is 551 g/mol. The first-order chi connectivity index (χ1) is 17.9. The van der Waals surface area contributed by atoms with Crippen molar-refractivity contribution in [1.82, 2.24) is 5.32 Å². The Hall–Kier alpha value is -3.80. The number of ether oxygens (including phenoxy) is 1. The third-order valence-corrected chi connectivity index (χ3v) is 6.97. The van der Waals surface area contributed by atoms with Crippen molar-refractivity contribution in [3.63, 3.8) is 0 Å². The zero-order valence-electron chi connectivity index (χ0n) is 21.8. The van der Waals surface area contributed by atoms with Crippen molar-refractivity contribution in [3.8, 4) is 5.75 Å². The number of rotatable bonds is 12. The molecule has 0 saturated carbocycles. The molecule has 0 bridgehead atoms. The minimum atomic E-state index is -1.32. The van der Waals surface area contributed by atoms with Crippen LogP contribution in [0.15, 0.2) is 35.3 Å². The number of halogens is 1. The molecule has 2 rings (SSSR count). The summed E-state index contributed by atoms with van der Waals surface area (Å²) in [5, 5.41) is 20.7. The van der Waals surface area contributed by atoms with Gasteiger partial charge in [0.1, 0.15) is 10.9 Å². The lowest BCUT2D eigenvalue weighted by Gasteiger charge is -2.31. The molecule has 1 aromatic heterocycles. The quantitative estimate of drug-likeness (QED) is 0.134. The average Bonchev–Trinajstić information content (AvgIpc) is 3.35. The minimum Gasteiger partial charge on any atom is -0.481 e. The Kier molecular flexibility index (Phi) is 13.1. The molecule has 0 fully saturated rings. The van der Waals surface area contributed by atoms with E-state index < -0.39 is 41.1 Å². The molecule has 12 heteroatoms. The Balaban J connectivity index is 0.00000168. The number of thiophene rings is 1. The Morgan fingerprint density at radius 3 is 2.32 bits per heavy atom. The predicted octanol–water partition coefficient (Wildman–Crippen LogP) is 3.80. The summed E-state index contributed by atoms with van der Waals surface area (Å²) >= 11 is 1.11. The third-order valence-electron chi connectivity index (χ3n) is 5.90. The molecule has 0 aliphatic rings. The number of hydrogen-bond acceptors (Lipinski definition) is 7. The van der Waals surface area contributed by atoms with Crippen LogP contribution < -0.4 is 15.8 Å². The van der Waals surface area contributed by atoms with Crippen molar-refractivity contribution in [3.05, 3.63) is 51.5 Å². The minimum absolute atomic E-state index is 0.178. The van der Waals surface area contributed by atoms with Gasteiger partial charge in [-0.3, -0.25) is 14.6 Å². The van der Waals surface area contributed by atoms with E-state index in [0.717, 1.165) is 11.3 Å². The lowest BCUT2D eigenvalue weighted by atomic mass is 9.77. The van der Waals surface area contributed by atoms with Gasteiger partial charge in [-0.15, -0.1) is 11.3 Å². The molecule has 0 radical (unpaired) electrons. The number of aliphatic imine (C=N–C) groups is 1. The molecule has 0 spiro atoms. The number of aryl methyl sites for hydroxylation is 1. The van der Waals surface area contributed by atoms with Crippen LogP contribution in [0.2, 0.25) is 0 Å². The Morgan fingerprint density at radius 1 is 1.18 bits per heavy atom. The van der Waals surface area contributed by atoms with Crippen molar-refractivity contribution >= 4 is 41.5 Å². The van der Waals surface area contributed by atoms with Gasteiger partial charge in [0.15, 0.2) is 11.6 Å². The van der Waals surface area contributed by atoms with Gasteiger partial charge in [-0.05, 0) is 62.4 Å². The maximum absolute atomic E-state index is 14.0. The number of nitrogens with one attached hydrogen (secondary N) is 1. The molecule has 1 atom stereocenters. The SMILES string of the molecule is CCC(CC)(Cc1ccc(C(=O)Oc2ccc(C)cc2F)s1)C(=O)NC(CCC(=O)O)C(=O)O.CN=CN. The molecule has 1 unspecified atom stereocenters. The number of hydrogen-bond donors (Lipinski definition) is 4. The Labute approximate surface area is 224 Å². The number of amides is 1. The molecule has 208 valence electrons. The first kappa shape index (κ1) is 32.2. The zero-order valence-corrected chi connectivity index (χ0v) is 22.6. The molecule has 1 amide bonds. The normalized spacial score (nSPS) is 11.8. The van der Waals surface area contributed by atoms with Crippen LogP contribution in [-0.2, 0) is 20.8 Å². The van der Waals surface area contributed by atoms with Crippen LogP contribution in [0.5, 0.6) is 5.75 Å². The van der Waals surface area contributed by atoms with Gasteiger partial charge in [-0.25, -0.2) is 14.0 Å². The Morgan fingerprint density at radius 2 is 1.82 bits per heavy atom. The van der Waals surface area contributed by atoms with Crippen LogP contribution in [0.4, 0.5) is 4.39 Å². The lowest BCUT2D eigenvalue weighted by molar-refractivity contribution is -0.145. The van der Waals surface area contributed by atoms with E-state index in [1.165, 1.54) is 24.5 Å². The van der Waals surface area contributed by atoms with Gasteiger partial charge in [-0.2, -0.15) is 0 Å². The maximum Gasteiger partial charge on any atom is 0.353 e. The van der Waals surface area contributed by atoms with Gasteiger partial charge in [-0.1, -0.05) is 19.9 Å². The molecule has 0 aliphatic heterocycles. The van der Waals surface area contributed by atoms with Gasteiger partial charge in [0.05, 0.1) is 11.8 Å². The topological polar surface area (TPSA) is 168 Å². The number of carboxylic acids is 2. The molecule has 0 aliphatic carbocycles. The molecule has 2 aromatic rings. The van der Waals surface area contributed by atoms with Crippen molar-refractivity contribution < 1.29 is 38.5 Å². The van der Waals surface area contributed by atoms with E-state index in [9.17, 15) is 28.7 Å². The summed E-state index contributed by atoms with van der Waals surface area (Å²) < 4.78 is 19.2. The molecule has 38 heavy (non-hydrogen) atoms. The largest absolute Gasteiger partial charge is 0.481 e. The summed E-state index contributed by atoms with van der Waals surface area (Å²) in [7, 11) is 1.62. The number of esters is 1. The van der Waals surface area contributed by atoms with Gasteiger partial charge in [0.25, 0.3) is 0 Å². The second-order valence-electron chi connectivity index (χ2n) is 8.46. The van der Waals surface area contributed by atoms with E-state index in [1.807, 2.05) is 0 Å². The predicted molar refractivity (Wildman–Crippen MR) is 142 cm³/mol. The number of aliphatic carboxylic acids is 2. The molecule has 0 saturated heterocycles. The van der Waals surface area contributed by atoms with Crippen LogP contribution >= 0.6 is 11.3 Å². The van der Waals surface area contributed by atoms with Crippen molar-refractivity contribution in [2.75, 3.05) is 7.05 Å². The van der Waals surface area contributed by atoms with Crippen molar-refractivity contribution in [2.45, 2.75) is 58.9 Å².